The van der Waals surface area contributed by atoms with Crippen molar-refractivity contribution in [2.24, 2.45) is 0 Å². The summed E-state index contributed by atoms with van der Waals surface area (Å²) >= 11 is 0. The van der Waals surface area contributed by atoms with Gasteiger partial charge in [0.05, 0.1) is 16.8 Å². The van der Waals surface area contributed by atoms with Gasteiger partial charge in [0.1, 0.15) is 11.5 Å². The summed E-state index contributed by atoms with van der Waals surface area (Å²) in [7, 11) is 0. The number of nitrogens with two attached hydrogens (primary N) is 1. The molecule has 4 N–H and O–H groups in total. The Hall–Kier alpha value is -2.68. The Labute approximate surface area is 131 Å². The molecule has 0 radical (unpaired) electrons. The predicted octanol–water partition coefficient (Wildman–Crippen LogP) is 1.92. The Balaban J connectivity index is 0.00000242. The Kier molecular flexibility index (Phi) is 5.81. The topological polar surface area (TPSA) is 140 Å². The van der Waals surface area contributed by atoms with Crippen LogP contribution in [0.15, 0.2) is 18.3 Å². The molecule has 0 spiro atoms. The number of nitrogens with zero attached hydrogens (tertiary/aromatic N) is 3. The molecule has 9 nitrogen and oxygen atoms in total. The van der Waals surface area contributed by atoms with Crippen molar-refractivity contribution in [3.05, 3.63) is 39.8 Å². The number of rotatable bonds is 5. The summed E-state index contributed by atoms with van der Waals surface area (Å²) in [6.45, 7) is 1.88. The lowest BCUT2D eigenvalue weighted by molar-refractivity contribution is -0.385. The first kappa shape index (κ1) is 17.4. The summed E-state index contributed by atoms with van der Waals surface area (Å²) in [5, 5.41) is 19.9. The first-order valence-corrected chi connectivity index (χ1v) is 6.27. The maximum atomic E-state index is 12.1. The second kappa shape index (κ2) is 7.36. The predicted molar refractivity (Wildman–Crippen MR) is 83.1 cm³/mol. The summed E-state index contributed by atoms with van der Waals surface area (Å²) in [6.07, 6.45) is 2.50. The fourth-order valence-corrected chi connectivity index (χ4v) is 1.82. The molecule has 0 unspecified atom stereocenters. The Morgan fingerprint density at radius 1 is 1.50 bits per heavy atom. The van der Waals surface area contributed by atoms with Crippen LogP contribution in [-0.4, -0.2) is 26.0 Å². The first-order chi connectivity index (χ1) is 10.0. The highest BCUT2D eigenvalue weighted by Crippen LogP contribution is 2.23. The maximum Gasteiger partial charge on any atom is 0.322 e. The lowest BCUT2D eigenvalue weighted by Gasteiger charge is -2.02. The number of halogens is 1. The van der Waals surface area contributed by atoms with Crippen LogP contribution in [0.2, 0.25) is 0 Å². The molecule has 0 bridgehead atoms. The van der Waals surface area contributed by atoms with E-state index in [0.29, 0.717) is 30.0 Å². The zero-order valence-electron chi connectivity index (χ0n) is 11.7. The molecule has 2 rings (SSSR count). The molecule has 0 aliphatic heterocycles. The second-order valence-electron chi connectivity index (χ2n) is 4.33. The standard InChI is InChI=1S/C12H14N6O3.ClH/c1-2-3-8-11(18(20)21)10(17-16-8)12(19)15-7-4-5-9(13)14-6-7;/h4-6H,2-3H2,1H3,(H2,13,14)(H,15,19)(H,16,17);1H. The Morgan fingerprint density at radius 3 is 2.77 bits per heavy atom. The number of carbonyl (C=O) groups excluding carboxylic acids is 1. The number of anilines is 2. The van der Waals surface area contributed by atoms with E-state index in [1.165, 1.54) is 12.3 Å². The van der Waals surface area contributed by atoms with Gasteiger partial charge in [-0.15, -0.1) is 12.4 Å². The summed E-state index contributed by atoms with van der Waals surface area (Å²) in [4.78, 5) is 26.4. The number of pyridine rings is 1. The van der Waals surface area contributed by atoms with Crippen LogP contribution in [0.4, 0.5) is 17.2 Å². The number of hydrogen-bond donors (Lipinski definition) is 3. The minimum atomic E-state index is -0.674. The molecule has 10 heteroatoms. The number of amides is 1. The van der Waals surface area contributed by atoms with Gasteiger partial charge in [0.25, 0.3) is 5.91 Å². The van der Waals surface area contributed by atoms with E-state index in [1.54, 1.807) is 6.07 Å². The first-order valence-electron chi connectivity index (χ1n) is 6.27. The highest BCUT2D eigenvalue weighted by atomic mass is 35.5. The van der Waals surface area contributed by atoms with Crippen molar-refractivity contribution in [2.75, 3.05) is 11.1 Å². The molecule has 0 fully saturated rings. The lowest BCUT2D eigenvalue weighted by Crippen LogP contribution is -2.14. The van der Waals surface area contributed by atoms with Gasteiger partial charge in [-0.3, -0.25) is 20.0 Å². The van der Waals surface area contributed by atoms with Crippen LogP contribution in [0.5, 0.6) is 0 Å². The summed E-state index contributed by atoms with van der Waals surface area (Å²) < 4.78 is 0. The summed E-state index contributed by atoms with van der Waals surface area (Å²) in [5.41, 5.74) is 5.61. The molecule has 0 saturated heterocycles. The Bertz CT molecular complexity index is 670. The lowest BCUT2D eigenvalue weighted by atomic mass is 10.2. The molecule has 2 aromatic heterocycles. The number of nitro groups is 1. The molecule has 0 aromatic carbocycles. The van der Waals surface area contributed by atoms with Crippen molar-refractivity contribution in [3.63, 3.8) is 0 Å². The maximum absolute atomic E-state index is 12.1. The zero-order valence-corrected chi connectivity index (χ0v) is 12.5. The second-order valence-corrected chi connectivity index (χ2v) is 4.33. The molecular weight excluding hydrogens is 312 g/mol. The van der Waals surface area contributed by atoms with E-state index in [1.807, 2.05) is 6.92 Å². The molecule has 1 amide bonds. The number of aryl methyl sites for hydroxylation is 1. The number of aromatic nitrogens is 3. The van der Waals surface area contributed by atoms with Gasteiger partial charge in [0, 0.05) is 0 Å². The monoisotopic (exact) mass is 326 g/mol. The molecule has 2 heterocycles. The van der Waals surface area contributed by atoms with E-state index >= 15 is 0 Å². The van der Waals surface area contributed by atoms with E-state index in [9.17, 15) is 14.9 Å². The molecule has 2 aromatic rings. The highest BCUT2D eigenvalue weighted by Gasteiger charge is 2.28. The van der Waals surface area contributed by atoms with Crippen LogP contribution in [-0.2, 0) is 6.42 Å². The normalized spacial score (nSPS) is 9.86. The van der Waals surface area contributed by atoms with Crippen molar-refractivity contribution in [1.29, 1.82) is 0 Å². The average Bonchev–Trinajstić information content (AvgIpc) is 2.86. The van der Waals surface area contributed by atoms with Gasteiger partial charge in [0.2, 0.25) is 5.69 Å². The van der Waals surface area contributed by atoms with Crippen LogP contribution >= 0.6 is 12.4 Å². The van der Waals surface area contributed by atoms with Crippen LogP contribution in [0.1, 0.15) is 29.5 Å². The number of nitrogens with one attached hydrogen (secondary N) is 2. The fraction of sp³-hybridized carbons (Fsp3) is 0.250. The van der Waals surface area contributed by atoms with E-state index in [4.69, 9.17) is 5.73 Å². The third-order valence-electron chi connectivity index (χ3n) is 2.75. The number of carbonyl (C=O) groups is 1. The van der Waals surface area contributed by atoms with Gasteiger partial charge in [0.15, 0.2) is 0 Å². The fourth-order valence-electron chi connectivity index (χ4n) is 1.82. The Morgan fingerprint density at radius 2 is 2.23 bits per heavy atom. The molecule has 0 aliphatic rings. The van der Waals surface area contributed by atoms with Crippen LogP contribution in [0.25, 0.3) is 0 Å². The molecule has 0 aliphatic carbocycles. The number of nitrogen functional groups attached to an aromatic ring is 1. The van der Waals surface area contributed by atoms with Crippen LogP contribution in [0, 0.1) is 10.1 Å². The summed E-state index contributed by atoms with van der Waals surface area (Å²) in [6, 6.07) is 3.06. The number of H-pyrrole nitrogens is 1. The van der Waals surface area contributed by atoms with Crippen molar-refractivity contribution in [2.45, 2.75) is 19.8 Å². The van der Waals surface area contributed by atoms with E-state index < -0.39 is 10.8 Å². The highest BCUT2D eigenvalue weighted by molar-refractivity contribution is 6.05. The van der Waals surface area contributed by atoms with E-state index in [2.05, 4.69) is 20.5 Å². The zero-order chi connectivity index (χ0) is 15.4. The van der Waals surface area contributed by atoms with Crippen molar-refractivity contribution < 1.29 is 9.72 Å². The molecule has 22 heavy (non-hydrogen) atoms. The number of aromatic amines is 1. The quantitative estimate of drug-likeness (QED) is 0.566. The van der Waals surface area contributed by atoms with E-state index in [0.717, 1.165) is 0 Å². The third-order valence-corrected chi connectivity index (χ3v) is 2.75. The third kappa shape index (κ3) is 3.70. The van der Waals surface area contributed by atoms with E-state index in [-0.39, 0.29) is 23.8 Å². The molecule has 118 valence electrons. The summed E-state index contributed by atoms with van der Waals surface area (Å²) in [5.74, 6) is -0.365. The van der Waals surface area contributed by atoms with Gasteiger partial charge in [-0.25, -0.2) is 4.98 Å². The van der Waals surface area contributed by atoms with Gasteiger partial charge in [-0.2, -0.15) is 5.10 Å². The van der Waals surface area contributed by atoms with Crippen molar-refractivity contribution in [3.8, 4) is 0 Å². The number of hydrogen-bond acceptors (Lipinski definition) is 6. The molecular formula is C12H15ClN6O3. The van der Waals surface area contributed by atoms with Crippen LogP contribution < -0.4 is 11.1 Å². The molecule has 0 saturated carbocycles. The molecule has 0 atom stereocenters. The minimum Gasteiger partial charge on any atom is -0.384 e. The van der Waals surface area contributed by atoms with Gasteiger partial charge in [-0.1, -0.05) is 13.3 Å². The van der Waals surface area contributed by atoms with Gasteiger partial charge < -0.3 is 11.1 Å². The smallest absolute Gasteiger partial charge is 0.322 e. The van der Waals surface area contributed by atoms with Crippen LogP contribution in [0.3, 0.4) is 0 Å². The van der Waals surface area contributed by atoms with Crippen molar-refractivity contribution in [1.82, 2.24) is 15.2 Å². The average molecular weight is 327 g/mol. The SMILES string of the molecule is CCCc1[nH]nc(C(=O)Nc2ccc(N)nc2)c1[N+](=O)[O-].Cl. The largest absolute Gasteiger partial charge is 0.384 e. The minimum absolute atomic E-state index is 0. The van der Waals surface area contributed by atoms with Crippen molar-refractivity contribution >= 4 is 35.5 Å². The van der Waals surface area contributed by atoms with Gasteiger partial charge >= 0.3 is 5.69 Å². The van der Waals surface area contributed by atoms with Gasteiger partial charge in [-0.05, 0) is 18.6 Å².